The van der Waals surface area contributed by atoms with Crippen LogP contribution in [0.5, 0.6) is 0 Å². The number of hydrogen-bond acceptors (Lipinski definition) is 2. The summed E-state index contributed by atoms with van der Waals surface area (Å²) in [7, 11) is 1.96. The van der Waals surface area contributed by atoms with Crippen LogP contribution in [0, 0.1) is 13.8 Å². The predicted molar refractivity (Wildman–Crippen MR) is 83.9 cm³/mol. The number of nitrogens with zero attached hydrogens (tertiary/aromatic N) is 2. The average molecular weight is 343 g/mol. The number of benzene rings is 1. The third kappa shape index (κ3) is 2.95. The van der Waals surface area contributed by atoms with Gasteiger partial charge in [0.1, 0.15) is 0 Å². The van der Waals surface area contributed by atoms with E-state index < -0.39 is 0 Å². The second-order valence-electron chi connectivity index (χ2n) is 4.70. The van der Waals surface area contributed by atoms with Crippen LogP contribution in [0.1, 0.15) is 29.9 Å². The Morgan fingerprint density at radius 3 is 2.63 bits per heavy atom. The van der Waals surface area contributed by atoms with Crippen molar-refractivity contribution in [3.63, 3.8) is 0 Å². The van der Waals surface area contributed by atoms with Gasteiger partial charge in [0, 0.05) is 22.8 Å². The smallest absolute Gasteiger partial charge is 0.0649 e. The Morgan fingerprint density at radius 2 is 2.05 bits per heavy atom. The summed E-state index contributed by atoms with van der Waals surface area (Å²) in [6, 6.07) is 5.95. The largest absolute Gasteiger partial charge is 0.377 e. The SMILES string of the molecule is Cc1nn(C)c(C)c1C(C)Nc1cc(Br)ccc1Cl. The van der Waals surface area contributed by atoms with Crippen LogP contribution < -0.4 is 5.32 Å². The molecule has 1 unspecified atom stereocenters. The number of hydrogen-bond donors (Lipinski definition) is 1. The molecule has 2 aromatic rings. The highest BCUT2D eigenvalue weighted by Gasteiger charge is 2.17. The van der Waals surface area contributed by atoms with Crippen LogP contribution in [0.4, 0.5) is 5.69 Å². The van der Waals surface area contributed by atoms with Crippen molar-refractivity contribution in [2.75, 3.05) is 5.32 Å². The van der Waals surface area contributed by atoms with Crippen molar-refractivity contribution in [1.82, 2.24) is 9.78 Å². The topological polar surface area (TPSA) is 29.9 Å². The number of aryl methyl sites for hydroxylation is 2. The summed E-state index contributed by atoms with van der Waals surface area (Å²) in [6.45, 7) is 6.23. The molecule has 19 heavy (non-hydrogen) atoms. The summed E-state index contributed by atoms with van der Waals surface area (Å²) < 4.78 is 2.91. The first-order chi connectivity index (χ1) is 8.90. The zero-order valence-corrected chi connectivity index (χ0v) is 13.8. The monoisotopic (exact) mass is 341 g/mol. The molecule has 1 aromatic carbocycles. The van der Waals surface area contributed by atoms with Gasteiger partial charge < -0.3 is 5.32 Å². The van der Waals surface area contributed by atoms with Gasteiger partial charge in [-0.1, -0.05) is 27.5 Å². The zero-order valence-electron chi connectivity index (χ0n) is 11.5. The van der Waals surface area contributed by atoms with E-state index in [-0.39, 0.29) is 6.04 Å². The average Bonchev–Trinajstić information content (AvgIpc) is 2.58. The van der Waals surface area contributed by atoms with Gasteiger partial charge in [-0.3, -0.25) is 4.68 Å². The highest BCUT2D eigenvalue weighted by molar-refractivity contribution is 9.10. The van der Waals surface area contributed by atoms with E-state index in [4.69, 9.17) is 11.6 Å². The van der Waals surface area contributed by atoms with Crippen molar-refractivity contribution in [2.45, 2.75) is 26.8 Å². The quantitative estimate of drug-likeness (QED) is 0.881. The van der Waals surface area contributed by atoms with Crippen molar-refractivity contribution in [1.29, 1.82) is 0 Å². The maximum absolute atomic E-state index is 6.21. The molecule has 0 aliphatic carbocycles. The van der Waals surface area contributed by atoms with E-state index >= 15 is 0 Å². The lowest BCUT2D eigenvalue weighted by Crippen LogP contribution is -2.09. The molecule has 5 heteroatoms. The van der Waals surface area contributed by atoms with Gasteiger partial charge in [-0.05, 0) is 39.0 Å². The minimum atomic E-state index is 0.153. The lowest BCUT2D eigenvalue weighted by atomic mass is 10.1. The van der Waals surface area contributed by atoms with Crippen molar-refractivity contribution >= 4 is 33.2 Å². The van der Waals surface area contributed by atoms with Crippen LogP contribution in [0.15, 0.2) is 22.7 Å². The fourth-order valence-corrected chi connectivity index (χ4v) is 2.86. The molecule has 102 valence electrons. The first-order valence-corrected chi connectivity index (χ1v) is 7.29. The Hall–Kier alpha value is -1.000. The van der Waals surface area contributed by atoms with Crippen molar-refractivity contribution < 1.29 is 0 Å². The lowest BCUT2D eigenvalue weighted by molar-refractivity contribution is 0.728. The Labute approximate surface area is 127 Å². The van der Waals surface area contributed by atoms with Crippen LogP contribution in [0.3, 0.4) is 0 Å². The summed E-state index contributed by atoms with van der Waals surface area (Å²) in [5.41, 5.74) is 4.36. The third-order valence-electron chi connectivity index (χ3n) is 3.30. The summed E-state index contributed by atoms with van der Waals surface area (Å²) in [4.78, 5) is 0. The number of anilines is 1. The van der Waals surface area contributed by atoms with Gasteiger partial charge in [-0.2, -0.15) is 5.10 Å². The zero-order chi connectivity index (χ0) is 14.2. The molecule has 1 N–H and O–H groups in total. The molecule has 0 aliphatic rings. The Kier molecular flexibility index (Phi) is 4.21. The molecular weight excluding hydrogens is 326 g/mol. The summed E-state index contributed by atoms with van der Waals surface area (Å²) in [5, 5.41) is 8.61. The molecule has 0 radical (unpaired) electrons. The van der Waals surface area contributed by atoms with Gasteiger partial charge in [0.2, 0.25) is 0 Å². The van der Waals surface area contributed by atoms with Crippen LogP contribution in [-0.2, 0) is 7.05 Å². The number of rotatable bonds is 3. The van der Waals surface area contributed by atoms with Gasteiger partial charge in [-0.25, -0.2) is 0 Å². The standard InChI is InChI=1S/C14H17BrClN3/c1-8(14-9(2)18-19(4)10(14)3)17-13-7-11(15)5-6-12(13)16/h5-8,17H,1-4H3. The fraction of sp³-hybridized carbons (Fsp3) is 0.357. The fourth-order valence-electron chi connectivity index (χ4n) is 2.33. The normalized spacial score (nSPS) is 12.5. The second kappa shape index (κ2) is 5.55. The van der Waals surface area contributed by atoms with Crippen molar-refractivity contribution in [3.05, 3.63) is 44.6 Å². The predicted octanol–water partition coefficient (Wildman–Crippen LogP) is 4.63. The third-order valence-corrected chi connectivity index (χ3v) is 4.12. The van der Waals surface area contributed by atoms with Gasteiger partial charge in [0.05, 0.1) is 22.4 Å². The molecule has 0 fully saturated rings. The van der Waals surface area contributed by atoms with Gasteiger partial charge in [0.25, 0.3) is 0 Å². The Balaban J connectivity index is 2.30. The van der Waals surface area contributed by atoms with Crippen LogP contribution in [0.25, 0.3) is 0 Å². The second-order valence-corrected chi connectivity index (χ2v) is 6.02. The number of aromatic nitrogens is 2. The van der Waals surface area contributed by atoms with Crippen LogP contribution in [0.2, 0.25) is 5.02 Å². The summed E-state index contributed by atoms with van der Waals surface area (Å²) in [5.74, 6) is 0. The van der Waals surface area contributed by atoms with Crippen molar-refractivity contribution in [2.24, 2.45) is 7.05 Å². The van der Waals surface area contributed by atoms with E-state index in [1.807, 2.05) is 36.9 Å². The molecule has 0 bridgehead atoms. The van der Waals surface area contributed by atoms with Crippen LogP contribution >= 0.6 is 27.5 Å². The molecule has 1 aromatic heterocycles. The first kappa shape index (κ1) is 14.4. The van der Waals surface area contributed by atoms with E-state index in [1.165, 1.54) is 11.3 Å². The maximum atomic E-state index is 6.21. The van der Waals surface area contributed by atoms with Gasteiger partial charge >= 0.3 is 0 Å². The highest BCUT2D eigenvalue weighted by Crippen LogP contribution is 2.30. The molecule has 0 saturated heterocycles. The molecule has 0 aliphatic heterocycles. The number of nitrogens with one attached hydrogen (secondary N) is 1. The minimum Gasteiger partial charge on any atom is -0.377 e. The molecule has 0 saturated carbocycles. The molecular formula is C14H17BrClN3. The van der Waals surface area contributed by atoms with Gasteiger partial charge in [0.15, 0.2) is 0 Å². The van der Waals surface area contributed by atoms with E-state index in [0.717, 1.165) is 15.9 Å². The highest BCUT2D eigenvalue weighted by atomic mass is 79.9. The lowest BCUT2D eigenvalue weighted by Gasteiger charge is -2.17. The minimum absolute atomic E-state index is 0.153. The molecule has 0 amide bonds. The van der Waals surface area contributed by atoms with Gasteiger partial charge in [-0.15, -0.1) is 0 Å². The number of halogens is 2. The van der Waals surface area contributed by atoms with E-state index in [9.17, 15) is 0 Å². The summed E-state index contributed by atoms with van der Waals surface area (Å²) in [6.07, 6.45) is 0. The Bertz CT molecular complexity index is 607. The van der Waals surface area contributed by atoms with E-state index in [1.54, 1.807) is 0 Å². The molecule has 1 atom stereocenters. The molecule has 1 heterocycles. The maximum Gasteiger partial charge on any atom is 0.0649 e. The van der Waals surface area contributed by atoms with E-state index in [0.29, 0.717) is 5.02 Å². The molecule has 2 rings (SSSR count). The Morgan fingerprint density at radius 1 is 1.37 bits per heavy atom. The first-order valence-electron chi connectivity index (χ1n) is 6.12. The summed E-state index contributed by atoms with van der Waals surface area (Å²) >= 11 is 9.67. The molecule has 3 nitrogen and oxygen atoms in total. The van der Waals surface area contributed by atoms with E-state index in [2.05, 4.69) is 40.2 Å². The molecule has 0 spiro atoms. The van der Waals surface area contributed by atoms with Crippen LogP contribution in [-0.4, -0.2) is 9.78 Å². The van der Waals surface area contributed by atoms with Crippen molar-refractivity contribution in [3.8, 4) is 0 Å².